The zero-order valence-electron chi connectivity index (χ0n) is 16.1. The van der Waals surface area contributed by atoms with Crippen molar-refractivity contribution in [2.75, 3.05) is 13.2 Å². The summed E-state index contributed by atoms with van der Waals surface area (Å²) in [5.41, 5.74) is 0.290. The first-order chi connectivity index (χ1) is 13.0. The Kier molecular flexibility index (Phi) is 4.48. The highest BCUT2D eigenvalue weighted by Gasteiger charge is 2.53. The van der Waals surface area contributed by atoms with Gasteiger partial charge < -0.3 is 9.47 Å². The fourth-order valence-electron chi connectivity index (χ4n) is 4.05. The summed E-state index contributed by atoms with van der Waals surface area (Å²) in [4.78, 5) is 31.2. The van der Waals surface area contributed by atoms with E-state index in [2.05, 4.69) is 20.9 Å². The smallest absolute Gasteiger partial charge is 0.192 e. The molecule has 4 rings (SSSR count). The van der Waals surface area contributed by atoms with Gasteiger partial charge in [-0.1, -0.05) is 6.07 Å². The van der Waals surface area contributed by atoms with E-state index in [0.717, 1.165) is 0 Å². The Balaban J connectivity index is 1.94. The summed E-state index contributed by atoms with van der Waals surface area (Å²) in [6.45, 7) is 7.27. The van der Waals surface area contributed by atoms with Gasteiger partial charge in [0, 0.05) is 11.5 Å². The second-order valence-corrected chi connectivity index (χ2v) is 9.24. The molecule has 0 aliphatic carbocycles. The lowest BCUT2D eigenvalue weighted by Crippen LogP contribution is -2.55. The summed E-state index contributed by atoms with van der Waals surface area (Å²) >= 11 is 3.22. The molecular formula is C21H21BrFNO4. The number of ketones is 2. The van der Waals surface area contributed by atoms with Crippen LogP contribution in [0.25, 0.3) is 0 Å². The van der Waals surface area contributed by atoms with Gasteiger partial charge >= 0.3 is 0 Å². The number of Topliss-reactive ketones (excluding diaryl/α,β-unsaturated/α-hetero) is 2. The number of aliphatic imine (C=N–C) groups is 1. The van der Waals surface area contributed by atoms with Gasteiger partial charge in [-0.15, -0.1) is 0 Å². The van der Waals surface area contributed by atoms with Gasteiger partial charge in [0.1, 0.15) is 17.0 Å². The molecule has 0 N–H and O–H groups in total. The van der Waals surface area contributed by atoms with E-state index in [-0.39, 0.29) is 29.3 Å². The molecule has 1 aromatic carbocycles. The Morgan fingerprint density at radius 1 is 1.07 bits per heavy atom. The van der Waals surface area contributed by atoms with Crippen molar-refractivity contribution < 1.29 is 23.5 Å². The van der Waals surface area contributed by atoms with Gasteiger partial charge in [-0.05, 0) is 61.3 Å². The molecule has 3 aliphatic rings. The first-order valence-corrected chi connectivity index (χ1v) is 9.95. The van der Waals surface area contributed by atoms with Crippen LogP contribution in [-0.4, -0.2) is 41.7 Å². The van der Waals surface area contributed by atoms with E-state index in [1.165, 1.54) is 6.07 Å². The molecule has 1 saturated heterocycles. The van der Waals surface area contributed by atoms with E-state index in [1.54, 1.807) is 39.8 Å². The minimum Gasteiger partial charge on any atom is -0.362 e. The van der Waals surface area contributed by atoms with Crippen LogP contribution in [-0.2, 0) is 19.1 Å². The molecule has 28 heavy (non-hydrogen) atoms. The fourth-order valence-corrected chi connectivity index (χ4v) is 4.45. The molecule has 3 aliphatic heterocycles. The number of benzene rings is 1. The second kappa shape index (κ2) is 6.40. The van der Waals surface area contributed by atoms with E-state index in [0.29, 0.717) is 22.5 Å². The second-order valence-electron chi connectivity index (χ2n) is 8.38. The zero-order chi connectivity index (χ0) is 20.4. The van der Waals surface area contributed by atoms with Crippen LogP contribution >= 0.6 is 15.9 Å². The molecule has 0 amide bonds. The fraction of sp³-hybridized carbons (Fsp3) is 0.476. The molecule has 0 aromatic heterocycles. The molecule has 2 unspecified atom stereocenters. The topological polar surface area (TPSA) is 65.0 Å². The zero-order valence-corrected chi connectivity index (χ0v) is 17.7. The number of rotatable bonds is 1. The highest BCUT2D eigenvalue weighted by Crippen LogP contribution is 2.47. The van der Waals surface area contributed by atoms with Gasteiger partial charge in [0.05, 0.1) is 35.0 Å². The Bertz CT molecular complexity index is 963. The summed E-state index contributed by atoms with van der Waals surface area (Å²) in [7, 11) is 0. The van der Waals surface area contributed by atoms with Crippen molar-refractivity contribution in [3.8, 4) is 0 Å². The lowest BCUT2D eigenvalue weighted by Gasteiger charge is -2.44. The number of nitrogens with zero attached hydrogens (tertiary/aromatic N) is 1. The minimum atomic E-state index is -1.01. The van der Waals surface area contributed by atoms with Crippen molar-refractivity contribution in [3.05, 3.63) is 45.3 Å². The maximum Gasteiger partial charge on any atom is 0.192 e. The number of carbonyl (C=O) groups excluding carboxylic acids is 2. The summed E-state index contributed by atoms with van der Waals surface area (Å²) < 4.78 is 25.6. The van der Waals surface area contributed by atoms with Crippen LogP contribution < -0.4 is 0 Å². The predicted octanol–water partition coefficient (Wildman–Crippen LogP) is 3.75. The molecule has 1 fully saturated rings. The van der Waals surface area contributed by atoms with Crippen LogP contribution in [0.4, 0.5) is 4.39 Å². The molecule has 7 heteroatoms. The van der Waals surface area contributed by atoms with Gasteiger partial charge in [-0.3, -0.25) is 14.6 Å². The number of hydrogen-bond acceptors (Lipinski definition) is 5. The third-order valence-corrected chi connectivity index (χ3v) is 6.32. The summed E-state index contributed by atoms with van der Waals surface area (Å²) in [6, 6.07) is 4.61. The lowest BCUT2D eigenvalue weighted by molar-refractivity contribution is -0.145. The third kappa shape index (κ3) is 2.91. The molecule has 5 nitrogen and oxygen atoms in total. The lowest BCUT2D eigenvalue weighted by atomic mass is 9.67. The summed E-state index contributed by atoms with van der Waals surface area (Å²) in [6.07, 6.45) is 0. The average molecular weight is 450 g/mol. The Morgan fingerprint density at radius 2 is 1.75 bits per heavy atom. The van der Waals surface area contributed by atoms with Crippen LogP contribution in [0, 0.1) is 11.7 Å². The molecule has 0 radical (unpaired) electrons. The van der Waals surface area contributed by atoms with E-state index >= 15 is 0 Å². The van der Waals surface area contributed by atoms with E-state index < -0.39 is 28.9 Å². The third-order valence-electron chi connectivity index (χ3n) is 5.71. The van der Waals surface area contributed by atoms with Crippen LogP contribution in [0.1, 0.15) is 39.2 Å². The van der Waals surface area contributed by atoms with E-state index in [9.17, 15) is 14.0 Å². The Labute approximate surface area is 171 Å². The summed E-state index contributed by atoms with van der Waals surface area (Å²) in [5, 5.41) is 0. The summed E-state index contributed by atoms with van der Waals surface area (Å²) in [5.74, 6) is -1.91. The number of fused-ring (bicyclic) bond motifs is 1. The van der Waals surface area contributed by atoms with Gasteiger partial charge in [0.2, 0.25) is 0 Å². The van der Waals surface area contributed by atoms with E-state index in [1.807, 2.05) is 0 Å². The van der Waals surface area contributed by atoms with Crippen molar-refractivity contribution in [2.24, 2.45) is 10.9 Å². The van der Waals surface area contributed by atoms with Crippen LogP contribution in [0.15, 0.2) is 38.9 Å². The van der Waals surface area contributed by atoms with Gasteiger partial charge in [0.15, 0.2) is 11.6 Å². The maximum absolute atomic E-state index is 13.9. The number of halogens is 2. The van der Waals surface area contributed by atoms with Crippen molar-refractivity contribution >= 4 is 33.2 Å². The van der Waals surface area contributed by atoms with Crippen molar-refractivity contribution in [1.29, 1.82) is 0 Å². The van der Waals surface area contributed by atoms with Crippen LogP contribution in [0.3, 0.4) is 0 Å². The molecular weight excluding hydrogens is 429 g/mol. The quantitative estimate of drug-likeness (QED) is 0.654. The number of carbonyl (C=O) groups is 2. The van der Waals surface area contributed by atoms with Crippen molar-refractivity contribution in [2.45, 2.75) is 44.8 Å². The monoisotopic (exact) mass is 449 g/mol. The van der Waals surface area contributed by atoms with Crippen LogP contribution in [0.2, 0.25) is 0 Å². The van der Waals surface area contributed by atoms with Crippen molar-refractivity contribution in [1.82, 2.24) is 0 Å². The molecule has 2 atom stereocenters. The molecule has 148 valence electrons. The molecule has 3 heterocycles. The largest absolute Gasteiger partial charge is 0.362 e. The Hall–Kier alpha value is -1.70. The SMILES string of the molecule is CC1(C)OCC2=C(C1=O)C(c1ccc(F)c(Br)c1)C1C(=O)C(C)(C)OCC1=N2. The van der Waals surface area contributed by atoms with Gasteiger partial charge in [0.25, 0.3) is 0 Å². The minimum absolute atomic E-state index is 0.133. The molecule has 1 aromatic rings. The van der Waals surface area contributed by atoms with Crippen molar-refractivity contribution in [3.63, 3.8) is 0 Å². The van der Waals surface area contributed by atoms with Gasteiger partial charge in [-0.2, -0.15) is 0 Å². The standard InChI is InChI=1S/C21H21BrFNO4/c1-20(2)18(25)16-13(8-27-20)24-14-9-28-21(3,4)19(26)17(14)15(16)10-5-6-12(23)11(22)7-10/h5-7,15-16H,8-9H2,1-4H3. The van der Waals surface area contributed by atoms with Crippen LogP contribution in [0.5, 0.6) is 0 Å². The predicted molar refractivity (Wildman–Crippen MR) is 105 cm³/mol. The highest BCUT2D eigenvalue weighted by molar-refractivity contribution is 9.10. The first kappa shape index (κ1) is 19.6. The van der Waals surface area contributed by atoms with Gasteiger partial charge in [-0.25, -0.2) is 4.39 Å². The first-order valence-electron chi connectivity index (χ1n) is 9.15. The molecule has 0 saturated carbocycles. The van der Waals surface area contributed by atoms with E-state index in [4.69, 9.17) is 9.47 Å². The number of ether oxygens (including phenoxy) is 2. The molecule has 0 spiro atoms. The Morgan fingerprint density at radius 3 is 2.43 bits per heavy atom. The number of hydrogen-bond donors (Lipinski definition) is 0. The highest BCUT2D eigenvalue weighted by atomic mass is 79.9. The maximum atomic E-state index is 13.9. The normalized spacial score (nSPS) is 28.6. The molecule has 0 bridgehead atoms. The average Bonchev–Trinajstić information content (AvgIpc) is 2.63.